The monoisotopic (exact) mass is 311 g/mol. The zero-order chi connectivity index (χ0) is 13.8. The van der Waals surface area contributed by atoms with E-state index in [2.05, 4.69) is 8.71 Å². The Labute approximate surface area is 110 Å². The number of aryl methyl sites for hydroxylation is 1. The minimum Gasteiger partial charge on any atom is -0.232 e. The molecule has 0 amide bonds. The Kier molecular flexibility index (Phi) is 5.71. The van der Waals surface area contributed by atoms with E-state index >= 15 is 0 Å². The molecule has 0 fully saturated rings. The molecule has 0 heterocycles. The SMILES string of the molecule is CSc1cccc(C)c1S(=O)(=O)OCO[P+](=O)O. The van der Waals surface area contributed by atoms with Crippen LogP contribution >= 0.6 is 20.0 Å². The molecule has 1 atom stereocenters. The van der Waals surface area contributed by atoms with Crippen LogP contribution in [-0.2, 0) is 23.4 Å². The van der Waals surface area contributed by atoms with E-state index in [1.54, 1.807) is 31.4 Å². The highest BCUT2D eigenvalue weighted by Crippen LogP contribution is 2.29. The minimum absolute atomic E-state index is 0.0502. The van der Waals surface area contributed by atoms with Gasteiger partial charge in [-0.2, -0.15) is 8.42 Å². The van der Waals surface area contributed by atoms with E-state index in [0.717, 1.165) is 0 Å². The third-order valence-corrected chi connectivity index (χ3v) is 4.70. The highest BCUT2D eigenvalue weighted by atomic mass is 32.2. The summed E-state index contributed by atoms with van der Waals surface area (Å²) in [6.07, 6.45) is 1.74. The van der Waals surface area contributed by atoms with E-state index in [1.165, 1.54) is 11.8 Å². The number of benzene rings is 1. The first-order valence-electron chi connectivity index (χ1n) is 4.70. The van der Waals surface area contributed by atoms with Crippen molar-refractivity contribution < 1.29 is 26.6 Å². The van der Waals surface area contributed by atoms with Crippen LogP contribution in [0.3, 0.4) is 0 Å². The molecule has 0 spiro atoms. The molecule has 0 saturated carbocycles. The van der Waals surface area contributed by atoms with Gasteiger partial charge in [0.2, 0.25) is 6.79 Å². The lowest BCUT2D eigenvalue weighted by molar-refractivity contribution is 0.120. The molecular weight excluding hydrogens is 299 g/mol. The van der Waals surface area contributed by atoms with Gasteiger partial charge in [0.15, 0.2) is 0 Å². The molecule has 18 heavy (non-hydrogen) atoms. The molecule has 0 aliphatic heterocycles. The van der Waals surface area contributed by atoms with Gasteiger partial charge in [0.1, 0.15) is 4.90 Å². The molecule has 0 saturated heterocycles. The van der Waals surface area contributed by atoms with Gasteiger partial charge in [-0.15, -0.1) is 16.7 Å². The summed E-state index contributed by atoms with van der Waals surface area (Å²) in [5, 5.41) is 0. The summed E-state index contributed by atoms with van der Waals surface area (Å²) < 4.78 is 42.8. The van der Waals surface area contributed by atoms with Crippen molar-refractivity contribution in [3.05, 3.63) is 23.8 Å². The molecule has 9 heteroatoms. The first kappa shape index (κ1) is 15.6. The fourth-order valence-electron chi connectivity index (χ4n) is 1.30. The van der Waals surface area contributed by atoms with Gasteiger partial charge in [-0.05, 0) is 24.8 Å². The quantitative estimate of drug-likeness (QED) is 0.372. The number of hydrogen-bond donors (Lipinski definition) is 1. The largest absolute Gasteiger partial charge is 0.697 e. The molecule has 1 unspecified atom stereocenters. The molecule has 0 aliphatic rings. The summed E-state index contributed by atoms with van der Waals surface area (Å²) in [6.45, 7) is 0.847. The molecule has 1 aromatic carbocycles. The molecule has 6 nitrogen and oxygen atoms in total. The molecule has 1 rings (SSSR count). The van der Waals surface area contributed by atoms with Crippen LogP contribution in [0, 0.1) is 6.92 Å². The minimum atomic E-state index is -4.01. The summed E-state index contributed by atoms with van der Waals surface area (Å²) in [4.78, 5) is 8.98. The third-order valence-electron chi connectivity index (χ3n) is 2.01. The predicted octanol–water partition coefficient (Wildman–Crippen LogP) is 2.05. The Morgan fingerprint density at radius 2 is 2.11 bits per heavy atom. The van der Waals surface area contributed by atoms with Crippen LogP contribution in [0.1, 0.15) is 5.56 Å². The van der Waals surface area contributed by atoms with Gasteiger partial charge < -0.3 is 0 Å². The van der Waals surface area contributed by atoms with Crippen LogP contribution in [0.25, 0.3) is 0 Å². The Bertz CT molecular complexity index is 542. The van der Waals surface area contributed by atoms with Crippen molar-refractivity contribution >= 4 is 30.1 Å². The summed E-state index contributed by atoms with van der Waals surface area (Å²) in [7, 11) is -6.90. The first-order valence-corrected chi connectivity index (χ1v) is 8.47. The van der Waals surface area contributed by atoms with Crippen LogP contribution in [-0.4, -0.2) is 26.4 Å². The van der Waals surface area contributed by atoms with Gasteiger partial charge in [0.05, 0.1) is 0 Å². The maximum atomic E-state index is 11.9. The molecule has 1 aromatic rings. The van der Waals surface area contributed by atoms with Crippen LogP contribution in [0.5, 0.6) is 0 Å². The zero-order valence-corrected chi connectivity index (χ0v) is 12.2. The van der Waals surface area contributed by atoms with E-state index in [-0.39, 0.29) is 4.90 Å². The second kappa shape index (κ2) is 6.60. The standard InChI is InChI=1S/C9H11O6PS2/c1-7-4-3-5-8(17-2)9(7)18(12,13)15-6-14-16(10)11/h3-5H,6H2,1-2H3/p+1. The second-order valence-electron chi connectivity index (χ2n) is 3.16. The van der Waals surface area contributed by atoms with E-state index in [9.17, 15) is 13.0 Å². The van der Waals surface area contributed by atoms with Gasteiger partial charge in [-0.3, -0.25) is 0 Å². The van der Waals surface area contributed by atoms with Crippen molar-refractivity contribution in [3.8, 4) is 0 Å². The molecule has 0 radical (unpaired) electrons. The zero-order valence-electron chi connectivity index (χ0n) is 9.69. The fraction of sp³-hybridized carbons (Fsp3) is 0.333. The number of thioether (sulfide) groups is 1. The Morgan fingerprint density at radius 3 is 2.67 bits per heavy atom. The summed E-state index contributed by atoms with van der Waals surface area (Å²) in [5.74, 6) is 0. The van der Waals surface area contributed by atoms with E-state index in [1.807, 2.05) is 0 Å². The lowest BCUT2D eigenvalue weighted by Gasteiger charge is -2.10. The lowest BCUT2D eigenvalue weighted by Crippen LogP contribution is -2.10. The third kappa shape index (κ3) is 4.01. The average molecular weight is 311 g/mol. The van der Waals surface area contributed by atoms with Gasteiger partial charge in [-0.25, -0.2) is 4.18 Å². The molecule has 1 N–H and O–H groups in total. The highest BCUT2D eigenvalue weighted by molar-refractivity contribution is 7.99. The summed E-state index contributed by atoms with van der Waals surface area (Å²) in [6, 6.07) is 5.03. The first-order chi connectivity index (χ1) is 8.38. The van der Waals surface area contributed by atoms with E-state index in [4.69, 9.17) is 4.89 Å². The smallest absolute Gasteiger partial charge is 0.232 e. The van der Waals surface area contributed by atoms with Gasteiger partial charge in [0, 0.05) is 9.46 Å². The normalized spacial score (nSPS) is 12.5. The molecule has 0 aromatic heterocycles. The van der Waals surface area contributed by atoms with Crippen molar-refractivity contribution in [2.75, 3.05) is 13.0 Å². The van der Waals surface area contributed by atoms with Crippen LogP contribution < -0.4 is 0 Å². The molecule has 0 bridgehead atoms. The number of hydrogen-bond acceptors (Lipinski definition) is 6. The Morgan fingerprint density at radius 1 is 1.44 bits per heavy atom. The van der Waals surface area contributed by atoms with Crippen molar-refractivity contribution in [2.45, 2.75) is 16.7 Å². The van der Waals surface area contributed by atoms with Gasteiger partial charge >= 0.3 is 18.4 Å². The predicted molar refractivity (Wildman–Crippen MR) is 67.0 cm³/mol. The van der Waals surface area contributed by atoms with Gasteiger partial charge in [-0.1, -0.05) is 16.7 Å². The fourth-order valence-corrected chi connectivity index (χ4v) is 3.70. The average Bonchev–Trinajstić information content (AvgIpc) is 2.27. The molecular formula is C9H12O6PS2+. The van der Waals surface area contributed by atoms with Crippen molar-refractivity contribution in [1.29, 1.82) is 0 Å². The summed E-state index contributed by atoms with van der Waals surface area (Å²) >= 11 is 1.27. The molecule has 0 aliphatic carbocycles. The topological polar surface area (TPSA) is 89.9 Å². The Hall–Kier alpha value is -0.500. The number of rotatable bonds is 6. The van der Waals surface area contributed by atoms with Gasteiger partial charge in [0.25, 0.3) is 0 Å². The maximum Gasteiger partial charge on any atom is 0.697 e. The van der Waals surface area contributed by atoms with Crippen molar-refractivity contribution in [1.82, 2.24) is 0 Å². The van der Waals surface area contributed by atoms with Crippen LogP contribution in [0.4, 0.5) is 0 Å². The van der Waals surface area contributed by atoms with E-state index in [0.29, 0.717) is 10.5 Å². The highest BCUT2D eigenvalue weighted by Gasteiger charge is 2.24. The van der Waals surface area contributed by atoms with Crippen molar-refractivity contribution in [3.63, 3.8) is 0 Å². The van der Waals surface area contributed by atoms with Crippen molar-refractivity contribution in [2.24, 2.45) is 0 Å². The molecule has 100 valence electrons. The second-order valence-corrected chi connectivity index (χ2v) is 6.30. The summed E-state index contributed by atoms with van der Waals surface area (Å²) in [5.41, 5.74) is 0.537. The Balaban J connectivity index is 3.01. The van der Waals surface area contributed by atoms with Crippen LogP contribution in [0.15, 0.2) is 28.0 Å². The van der Waals surface area contributed by atoms with Crippen LogP contribution in [0.2, 0.25) is 0 Å². The lowest BCUT2D eigenvalue weighted by atomic mass is 10.2. The maximum absolute atomic E-state index is 11.9. The van der Waals surface area contributed by atoms with E-state index < -0.39 is 25.2 Å².